The largest absolute Gasteiger partial charge is 0.336 e. The number of tetrazole rings is 1. The molecule has 0 bridgehead atoms. The van der Waals surface area contributed by atoms with Gasteiger partial charge in [-0.05, 0) is 36.8 Å². The van der Waals surface area contributed by atoms with Gasteiger partial charge < -0.3 is 4.90 Å². The summed E-state index contributed by atoms with van der Waals surface area (Å²) in [6, 6.07) is 0.321. The first-order valence-electron chi connectivity index (χ1n) is 5.69. The quantitative estimate of drug-likeness (QED) is 0.806. The molecule has 0 unspecified atom stereocenters. The van der Waals surface area contributed by atoms with Crippen molar-refractivity contribution in [2.24, 2.45) is 5.92 Å². The minimum Gasteiger partial charge on any atom is -0.336 e. The van der Waals surface area contributed by atoms with E-state index in [1.165, 1.54) is 12.8 Å². The van der Waals surface area contributed by atoms with Crippen molar-refractivity contribution >= 4 is 5.91 Å². The number of rotatable bonds is 2. The lowest BCUT2D eigenvalue weighted by Crippen LogP contribution is -2.39. The van der Waals surface area contributed by atoms with E-state index >= 15 is 0 Å². The third-order valence-corrected chi connectivity index (χ3v) is 3.39. The molecular weight excluding hydrogens is 206 g/mol. The number of aromatic nitrogens is 4. The molecule has 1 aliphatic carbocycles. The molecule has 0 spiro atoms. The molecule has 1 aromatic rings. The Balaban J connectivity index is 1.97. The maximum atomic E-state index is 11.9. The highest BCUT2D eigenvalue weighted by Crippen LogP contribution is 2.26. The summed E-state index contributed by atoms with van der Waals surface area (Å²) in [4.78, 5) is 13.7. The van der Waals surface area contributed by atoms with Gasteiger partial charge in [0.25, 0.3) is 11.7 Å². The highest BCUT2D eigenvalue weighted by Gasteiger charge is 2.27. The minimum absolute atomic E-state index is 0.145. The molecule has 6 heteroatoms. The average Bonchev–Trinajstić information content (AvgIpc) is 2.81. The molecule has 0 radical (unpaired) electrons. The van der Waals surface area contributed by atoms with Crippen molar-refractivity contribution in [2.75, 3.05) is 7.05 Å². The fourth-order valence-corrected chi connectivity index (χ4v) is 2.21. The summed E-state index contributed by atoms with van der Waals surface area (Å²) in [5.41, 5.74) is 0. The van der Waals surface area contributed by atoms with Crippen molar-refractivity contribution in [3.63, 3.8) is 0 Å². The van der Waals surface area contributed by atoms with Gasteiger partial charge >= 0.3 is 0 Å². The van der Waals surface area contributed by atoms with E-state index < -0.39 is 0 Å². The SMILES string of the molecule is CC1CCC(N(C)C(=O)c2nn[nH]n2)CC1. The number of carbonyl (C=O) groups excluding carboxylic acids is 1. The molecule has 2 rings (SSSR count). The number of aromatic amines is 1. The zero-order valence-electron chi connectivity index (χ0n) is 9.68. The topological polar surface area (TPSA) is 74.8 Å². The number of nitrogens with one attached hydrogen (secondary N) is 1. The molecular formula is C10H17N5O. The average molecular weight is 223 g/mol. The van der Waals surface area contributed by atoms with Crippen molar-refractivity contribution < 1.29 is 4.79 Å². The van der Waals surface area contributed by atoms with Gasteiger partial charge in [0.15, 0.2) is 0 Å². The second-order valence-corrected chi connectivity index (χ2v) is 4.57. The summed E-state index contributed by atoms with van der Waals surface area (Å²) < 4.78 is 0. The third kappa shape index (κ3) is 2.20. The lowest BCUT2D eigenvalue weighted by molar-refractivity contribution is 0.0667. The summed E-state index contributed by atoms with van der Waals surface area (Å²) in [5, 5.41) is 13.1. The first-order valence-corrected chi connectivity index (χ1v) is 5.69. The van der Waals surface area contributed by atoms with Crippen molar-refractivity contribution in [2.45, 2.75) is 38.6 Å². The van der Waals surface area contributed by atoms with Crippen LogP contribution in [0.15, 0.2) is 0 Å². The highest BCUT2D eigenvalue weighted by molar-refractivity contribution is 5.90. The summed E-state index contributed by atoms with van der Waals surface area (Å²) in [6.07, 6.45) is 4.52. The van der Waals surface area contributed by atoms with Gasteiger partial charge in [-0.15, -0.1) is 10.2 Å². The minimum atomic E-state index is -0.145. The molecule has 1 heterocycles. The Kier molecular flexibility index (Phi) is 3.17. The van der Waals surface area contributed by atoms with Crippen LogP contribution in [0, 0.1) is 5.92 Å². The van der Waals surface area contributed by atoms with Gasteiger partial charge in [0.2, 0.25) is 0 Å². The van der Waals surface area contributed by atoms with E-state index in [0.29, 0.717) is 6.04 Å². The van der Waals surface area contributed by atoms with Crippen LogP contribution in [0.5, 0.6) is 0 Å². The van der Waals surface area contributed by atoms with Crippen LogP contribution in [-0.4, -0.2) is 44.5 Å². The van der Waals surface area contributed by atoms with Crippen LogP contribution in [0.2, 0.25) is 0 Å². The fraction of sp³-hybridized carbons (Fsp3) is 0.800. The number of nitrogens with zero attached hydrogens (tertiary/aromatic N) is 4. The van der Waals surface area contributed by atoms with Crippen LogP contribution in [0.25, 0.3) is 0 Å². The summed E-state index contributed by atoms with van der Waals surface area (Å²) >= 11 is 0. The number of carbonyl (C=O) groups is 1. The highest BCUT2D eigenvalue weighted by atomic mass is 16.2. The molecule has 0 aliphatic heterocycles. The Morgan fingerprint density at radius 2 is 2.06 bits per heavy atom. The predicted molar refractivity (Wildman–Crippen MR) is 57.7 cm³/mol. The van der Waals surface area contributed by atoms with Crippen molar-refractivity contribution in [3.8, 4) is 0 Å². The monoisotopic (exact) mass is 223 g/mol. The Labute approximate surface area is 94.4 Å². The summed E-state index contributed by atoms with van der Waals surface area (Å²) in [5.74, 6) is 0.791. The van der Waals surface area contributed by atoms with Crippen molar-refractivity contribution in [3.05, 3.63) is 5.82 Å². The van der Waals surface area contributed by atoms with Crippen molar-refractivity contribution in [1.29, 1.82) is 0 Å². The standard InChI is InChI=1S/C10H17N5O/c1-7-3-5-8(6-4-7)15(2)10(16)9-11-13-14-12-9/h7-8H,3-6H2,1-2H3,(H,11,12,13,14). The first-order chi connectivity index (χ1) is 7.68. The third-order valence-electron chi connectivity index (χ3n) is 3.39. The Morgan fingerprint density at radius 3 is 2.62 bits per heavy atom. The van der Waals surface area contributed by atoms with Crippen molar-refractivity contribution in [1.82, 2.24) is 25.5 Å². The van der Waals surface area contributed by atoms with E-state index in [1.54, 1.807) is 4.90 Å². The van der Waals surface area contributed by atoms with Crippen LogP contribution in [0.3, 0.4) is 0 Å². The van der Waals surface area contributed by atoms with Gasteiger partial charge in [0.1, 0.15) is 0 Å². The molecule has 1 saturated carbocycles. The molecule has 1 aromatic heterocycles. The second kappa shape index (κ2) is 4.59. The smallest absolute Gasteiger partial charge is 0.295 e. The zero-order chi connectivity index (χ0) is 11.5. The van der Waals surface area contributed by atoms with Gasteiger partial charge in [-0.25, -0.2) is 0 Å². The maximum Gasteiger partial charge on any atom is 0.295 e. The summed E-state index contributed by atoms with van der Waals surface area (Å²) in [6.45, 7) is 2.26. The molecule has 0 saturated heterocycles. The molecule has 0 atom stereocenters. The summed E-state index contributed by atoms with van der Waals surface area (Å²) in [7, 11) is 1.82. The lowest BCUT2D eigenvalue weighted by atomic mass is 9.87. The Morgan fingerprint density at radius 1 is 1.38 bits per heavy atom. The van der Waals surface area contributed by atoms with Crippen LogP contribution >= 0.6 is 0 Å². The van der Waals surface area contributed by atoms with Crippen LogP contribution in [-0.2, 0) is 0 Å². The van der Waals surface area contributed by atoms with E-state index in [-0.39, 0.29) is 11.7 Å². The van der Waals surface area contributed by atoms with E-state index in [0.717, 1.165) is 18.8 Å². The normalized spacial score (nSPS) is 25.4. The van der Waals surface area contributed by atoms with E-state index in [2.05, 4.69) is 27.5 Å². The van der Waals surface area contributed by atoms with Gasteiger partial charge in [-0.2, -0.15) is 5.21 Å². The number of amides is 1. The predicted octanol–water partition coefficient (Wildman–Crippen LogP) is 0.850. The molecule has 0 aromatic carbocycles. The zero-order valence-corrected chi connectivity index (χ0v) is 9.68. The second-order valence-electron chi connectivity index (χ2n) is 4.57. The number of hydrogen-bond donors (Lipinski definition) is 1. The molecule has 16 heavy (non-hydrogen) atoms. The Bertz CT molecular complexity index is 342. The van der Waals surface area contributed by atoms with E-state index in [4.69, 9.17) is 0 Å². The molecule has 1 aliphatic rings. The molecule has 1 amide bonds. The van der Waals surface area contributed by atoms with E-state index in [9.17, 15) is 4.79 Å². The van der Waals surface area contributed by atoms with Crippen LogP contribution < -0.4 is 0 Å². The van der Waals surface area contributed by atoms with Gasteiger partial charge in [0, 0.05) is 13.1 Å². The fourth-order valence-electron chi connectivity index (χ4n) is 2.21. The van der Waals surface area contributed by atoms with E-state index in [1.807, 2.05) is 7.05 Å². The van der Waals surface area contributed by atoms with Crippen LogP contribution in [0.1, 0.15) is 43.2 Å². The van der Waals surface area contributed by atoms with Gasteiger partial charge in [-0.1, -0.05) is 6.92 Å². The van der Waals surface area contributed by atoms with Gasteiger partial charge in [0.05, 0.1) is 0 Å². The molecule has 1 N–H and O–H groups in total. The Hall–Kier alpha value is -1.46. The number of hydrogen-bond acceptors (Lipinski definition) is 4. The molecule has 1 fully saturated rings. The molecule has 6 nitrogen and oxygen atoms in total. The maximum absolute atomic E-state index is 11.9. The lowest BCUT2D eigenvalue weighted by Gasteiger charge is -2.32. The van der Waals surface area contributed by atoms with Gasteiger partial charge in [-0.3, -0.25) is 4.79 Å². The van der Waals surface area contributed by atoms with Crippen LogP contribution in [0.4, 0.5) is 0 Å². The molecule has 88 valence electrons. The number of H-pyrrole nitrogens is 1. The first kappa shape index (κ1) is 11.0.